The maximum atomic E-state index is 11.8. The lowest BCUT2D eigenvalue weighted by atomic mass is 10.2. The number of rotatable bonds is 4. The fraction of sp³-hybridized carbons (Fsp3) is 0.143. The minimum absolute atomic E-state index is 0.269. The molecule has 0 spiro atoms. The van der Waals surface area contributed by atoms with Crippen LogP contribution in [0.5, 0.6) is 5.75 Å². The van der Waals surface area contributed by atoms with Crippen molar-refractivity contribution in [3.63, 3.8) is 0 Å². The number of nitrogens with one attached hydrogen (secondary N) is 1. The van der Waals surface area contributed by atoms with E-state index in [0.29, 0.717) is 16.5 Å². The minimum Gasteiger partial charge on any atom is -0.495 e. The van der Waals surface area contributed by atoms with Crippen molar-refractivity contribution in [2.24, 2.45) is 7.05 Å². The van der Waals surface area contributed by atoms with Crippen molar-refractivity contribution in [2.75, 3.05) is 12.4 Å². The zero-order valence-electron chi connectivity index (χ0n) is 11.1. The van der Waals surface area contributed by atoms with Crippen LogP contribution < -0.4 is 10.1 Å². The van der Waals surface area contributed by atoms with Crippen molar-refractivity contribution in [3.8, 4) is 5.75 Å². The Hall–Kier alpha value is -2.27. The van der Waals surface area contributed by atoms with E-state index in [4.69, 9.17) is 16.3 Å². The molecule has 2 aromatic rings. The van der Waals surface area contributed by atoms with Crippen LogP contribution in [0.2, 0.25) is 5.02 Å². The van der Waals surface area contributed by atoms with E-state index in [2.05, 4.69) is 10.4 Å². The molecule has 0 aliphatic heterocycles. The number of ether oxygens (including phenoxy) is 1. The number of methoxy groups -OCH3 is 1. The lowest BCUT2D eigenvalue weighted by molar-refractivity contribution is -0.111. The second-order valence-corrected chi connectivity index (χ2v) is 4.55. The Kier molecular flexibility index (Phi) is 4.42. The topological polar surface area (TPSA) is 56.1 Å². The van der Waals surface area contributed by atoms with E-state index in [1.54, 1.807) is 35.2 Å². The Morgan fingerprint density at radius 1 is 1.50 bits per heavy atom. The summed E-state index contributed by atoms with van der Waals surface area (Å²) in [5.74, 6) is 0.284. The average Bonchev–Trinajstić information content (AvgIpc) is 2.83. The number of aryl methyl sites for hydroxylation is 1. The molecule has 1 amide bonds. The molecule has 5 nitrogen and oxygen atoms in total. The predicted molar refractivity (Wildman–Crippen MR) is 78.9 cm³/mol. The van der Waals surface area contributed by atoms with Crippen LogP contribution in [0.4, 0.5) is 5.69 Å². The number of hydrogen-bond acceptors (Lipinski definition) is 3. The molecule has 0 fully saturated rings. The van der Waals surface area contributed by atoms with Gasteiger partial charge in [-0.25, -0.2) is 0 Å². The maximum Gasteiger partial charge on any atom is 0.248 e. The molecule has 0 bridgehead atoms. The van der Waals surface area contributed by atoms with Gasteiger partial charge in [-0.2, -0.15) is 5.10 Å². The van der Waals surface area contributed by atoms with Gasteiger partial charge in [0.15, 0.2) is 0 Å². The fourth-order valence-electron chi connectivity index (χ4n) is 1.65. The molecule has 0 aliphatic rings. The van der Waals surface area contributed by atoms with E-state index in [0.717, 1.165) is 5.56 Å². The van der Waals surface area contributed by atoms with E-state index in [9.17, 15) is 4.79 Å². The summed E-state index contributed by atoms with van der Waals surface area (Å²) in [5.41, 5.74) is 1.38. The van der Waals surface area contributed by atoms with Crippen LogP contribution in [0.1, 0.15) is 5.56 Å². The first kappa shape index (κ1) is 14.1. The Morgan fingerprint density at radius 3 is 2.95 bits per heavy atom. The SMILES string of the molecule is COc1ccc(Cl)cc1NC(=O)/C=C/c1cnn(C)c1. The molecule has 0 saturated heterocycles. The molecule has 1 heterocycles. The second-order valence-electron chi connectivity index (χ2n) is 4.11. The van der Waals surface area contributed by atoms with Crippen LogP contribution in [0.15, 0.2) is 36.7 Å². The third-order valence-electron chi connectivity index (χ3n) is 2.57. The van der Waals surface area contributed by atoms with Crippen LogP contribution in [0.3, 0.4) is 0 Å². The quantitative estimate of drug-likeness (QED) is 0.881. The highest BCUT2D eigenvalue weighted by Crippen LogP contribution is 2.27. The highest BCUT2D eigenvalue weighted by atomic mass is 35.5. The van der Waals surface area contributed by atoms with Crippen LogP contribution in [0.25, 0.3) is 6.08 Å². The summed E-state index contributed by atoms with van der Waals surface area (Å²) in [7, 11) is 3.35. The third-order valence-corrected chi connectivity index (χ3v) is 2.81. The molecule has 1 aromatic heterocycles. The first-order valence-electron chi connectivity index (χ1n) is 5.90. The van der Waals surface area contributed by atoms with Crippen molar-refractivity contribution >= 4 is 29.3 Å². The van der Waals surface area contributed by atoms with Gasteiger partial charge in [0.1, 0.15) is 5.75 Å². The van der Waals surface area contributed by atoms with Gasteiger partial charge >= 0.3 is 0 Å². The van der Waals surface area contributed by atoms with Crippen LogP contribution >= 0.6 is 11.6 Å². The number of anilines is 1. The number of hydrogen-bond donors (Lipinski definition) is 1. The molecule has 1 N–H and O–H groups in total. The van der Waals surface area contributed by atoms with E-state index in [1.165, 1.54) is 13.2 Å². The lowest BCUT2D eigenvalue weighted by Gasteiger charge is -2.08. The van der Waals surface area contributed by atoms with Gasteiger partial charge in [0.25, 0.3) is 0 Å². The number of carbonyl (C=O) groups excluding carboxylic acids is 1. The molecule has 0 atom stereocenters. The van der Waals surface area contributed by atoms with E-state index < -0.39 is 0 Å². The van der Waals surface area contributed by atoms with Gasteiger partial charge in [-0.3, -0.25) is 9.48 Å². The van der Waals surface area contributed by atoms with Crippen molar-refractivity contribution < 1.29 is 9.53 Å². The van der Waals surface area contributed by atoms with E-state index >= 15 is 0 Å². The van der Waals surface area contributed by atoms with Crippen molar-refractivity contribution in [1.29, 1.82) is 0 Å². The highest BCUT2D eigenvalue weighted by molar-refractivity contribution is 6.31. The zero-order valence-corrected chi connectivity index (χ0v) is 11.9. The summed E-state index contributed by atoms with van der Waals surface area (Å²) in [6, 6.07) is 5.03. The summed E-state index contributed by atoms with van der Waals surface area (Å²) < 4.78 is 6.82. The second kappa shape index (κ2) is 6.25. The number of benzene rings is 1. The van der Waals surface area contributed by atoms with Crippen LogP contribution in [-0.4, -0.2) is 22.8 Å². The Labute approximate surface area is 121 Å². The molecule has 0 aliphatic carbocycles. The molecule has 0 unspecified atom stereocenters. The first-order valence-corrected chi connectivity index (χ1v) is 6.27. The normalized spacial score (nSPS) is 10.8. The standard InChI is InChI=1S/C14H14ClN3O2/c1-18-9-10(8-16-18)3-6-14(19)17-12-7-11(15)4-5-13(12)20-2/h3-9H,1-2H3,(H,17,19)/b6-3+. The van der Waals surface area contributed by atoms with E-state index in [-0.39, 0.29) is 5.91 Å². The Balaban J connectivity index is 2.08. The Morgan fingerprint density at radius 2 is 2.30 bits per heavy atom. The number of amides is 1. The van der Waals surface area contributed by atoms with Gasteiger partial charge in [-0.1, -0.05) is 11.6 Å². The third kappa shape index (κ3) is 3.61. The lowest BCUT2D eigenvalue weighted by Crippen LogP contribution is -2.08. The first-order chi connectivity index (χ1) is 9.58. The predicted octanol–water partition coefficient (Wildman–Crippen LogP) is 2.73. The number of nitrogens with zero attached hydrogens (tertiary/aromatic N) is 2. The van der Waals surface area contributed by atoms with Crippen molar-refractivity contribution in [1.82, 2.24) is 9.78 Å². The summed E-state index contributed by atoms with van der Waals surface area (Å²) >= 11 is 5.90. The van der Waals surface area contributed by atoms with Gasteiger partial charge < -0.3 is 10.1 Å². The monoisotopic (exact) mass is 291 g/mol. The van der Waals surface area contributed by atoms with Crippen LogP contribution in [-0.2, 0) is 11.8 Å². The van der Waals surface area contributed by atoms with Gasteiger partial charge in [0.2, 0.25) is 5.91 Å². The number of carbonyl (C=O) groups is 1. The number of halogens is 1. The summed E-state index contributed by atoms with van der Waals surface area (Å²) in [6.45, 7) is 0. The molecule has 6 heteroatoms. The maximum absolute atomic E-state index is 11.8. The molecule has 2 rings (SSSR count). The Bertz CT molecular complexity index is 650. The van der Waals surface area contributed by atoms with Crippen molar-refractivity contribution in [3.05, 3.63) is 47.3 Å². The number of aromatic nitrogens is 2. The minimum atomic E-state index is -0.269. The molecular formula is C14H14ClN3O2. The van der Waals surface area contributed by atoms with Crippen LogP contribution in [0, 0.1) is 0 Å². The van der Waals surface area contributed by atoms with Gasteiger partial charge in [-0.15, -0.1) is 0 Å². The molecular weight excluding hydrogens is 278 g/mol. The molecule has 1 aromatic carbocycles. The molecule has 104 valence electrons. The fourth-order valence-corrected chi connectivity index (χ4v) is 1.82. The largest absolute Gasteiger partial charge is 0.495 e. The molecule has 0 radical (unpaired) electrons. The van der Waals surface area contributed by atoms with Crippen molar-refractivity contribution in [2.45, 2.75) is 0 Å². The molecule has 20 heavy (non-hydrogen) atoms. The van der Waals surface area contributed by atoms with Gasteiger partial charge in [0, 0.05) is 29.9 Å². The van der Waals surface area contributed by atoms with Gasteiger partial charge in [0.05, 0.1) is 19.0 Å². The zero-order chi connectivity index (χ0) is 14.5. The molecule has 0 saturated carbocycles. The van der Waals surface area contributed by atoms with Gasteiger partial charge in [-0.05, 0) is 24.3 Å². The highest BCUT2D eigenvalue weighted by Gasteiger charge is 2.06. The van der Waals surface area contributed by atoms with E-state index in [1.807, 2.05) is 13.2 Å². The average molecular weight is 292 g/mol. The summed E-state index contributed by atoms with van der Waals surface area (Å²) in [4.78, 5) is 11.8. The smallest absolute Gasteiger partial charge is 0.248 e. The summed E-state index contributed by atoms with van der Waals surface area (Å²) in [6.07, 6.45) is 6.59. The summed E-state index contributed by atoms with van der Waals surface area (Å²) in [5, 5.41) is 7.26.